The van der Waals surface area contributed by atoms with E-state index >= 15 is 0 Å². The minimum atomic E-state index is -0.583. The van der Waals surface area contributed by atoms with E-state index in [2.05, 4.69) is 43.7 Å². The number of ether oxygens (including phenoxy) is 1. The maximum atomic E-state index is 13.7. The Hall–Kier alpha value is -3.76. The molecule has 10 heteroatoms. The van der Waals surface area contributed by atoms with Crippen molar-refractivity contribution in [1.82, 2.24) is 15.1 Å². The van der Waals surface area contributed by atoms with E-state index < -0.39 is 11.6 Å². The van der Waals surface area contributed by atoms with Gasteiger partial charge in [-0.05, 0) is 80.6 Å². The molecule has 2 aromatic carbocycles. The van der Waals surface area contributed by atoms with Crippen LogP contribution in [-0.2, 0) is 17.6 Å². The summed E-state index contributed by atoms with van der Waals surface area (Å²) in [5.74, 6) is -0.909. The number of fused-ring (bicyclic) bond motifs is 1. The van der Waals surface area contributed by atoms with Gasteiger partial charge in [-0.15, -0.1) is 0 Å². The highest BCUT2D eigenvalue weighted by atomic mass is 19.1. The van der Waals surface area contributed by atoms with Crippen molar-refractivity contribution in [1.29, 1.82) is 0 Å². The molecule has 1 unspecified atom stereocenters. The number of aromatic amines is 1. The van der Waals surface area contributed by atoms with Gasteiger partial charge in [0.25, 0.3) is 5.91 Å². The molecule has 8 nitrogen and oxygen atoms in total. The number of carbonyl (C=O) groups is 1. The maximum Gasteiger partial charge on any atom is 0.258 e. The van der Waals surface area contributed by atoms with Gasteiger partial charge >= 0.3 is 0 Å². The van der Waals surface area contributed by atoms with Gasteiger partial charge in [-0.1, -0.05) is 6.08 Å². The minimum absolute atomic E-state index is 0.0190. The number of amides is 1. The van der Waals surface area contributed by atoms with Crippen LogP contribution in [0.2, 0.25) is 0 Å². The van der Waals surface area contributed by atoms with Gasteiger partial charge in [0.1, 0.15) is 11.6 Å². The largest absolute Gasteiger partial charge is 0.381 e. The van der Waals surface area contributed by atoms with E-state index in [0.717, 1.165) is 67.7 Å². The molecular weight excluding hydrogens is 526 g/mol. The Bertz CT molecular complexity index is 1410. The van der Waals surface area contributed by atoms with Crippen LogP contribution in [0.5, 0.6) is 0 Å². The average molecular weight is 563 g/mol. The van der Waals surface area contributed by atoms with Crippen molar-refractivity contribution >= 4 is 29.2 Å². The van der Waals surface area contributed by atoms with E-state index in [1.807, 2.05) is 24.3 Å². The number of nitrogens with one attached hydrogen (secondary N) is 3. The second-order valence-corrected chi connectivity index (χ2v) is 11.3. The van der Waals surface area contributed by atoms with Gasteiger partial charge in [-0.3, -0.25) is 9.89 Å². The maximum absolute atomic E-state index is 13.7. The molecule has 216 valence electrons. The van der Waals surface area contributed by atoms with Crippen molar-refractivity contribution in [2.24, 2.45) is 5.92 Å². The van der Waals surface area contributed by atoms with Crippen LogP contribution in [0.15, 0.2) is 42.5 Å². The van der Waals surface area contributed by atoms with Gasteiger partial charge < -0.3 is 25.2 Å². The molecule has 3 heterocycles. The molecule has 3 aromatic rings. The van der Waals surface area contributed by atoms with Gasteiger partial charge in [0.05, 0.1) is 11.3 Å². The number of benzene rings is 2. The number of nitrogens with zero attached hydrogens (tertiary/aromatic N) is 3. The van der Waals surface area contributed by atoms with Crippen molar-refractivity contribution in [3.8, 4) is 0 Å². The lowest BCUT2D eigenvalue weighted by Crippen LogP contribution is -2.44. The van der Waals surface area contributed by atoms with E-state index in [9.17, 15) is 13.6 Å². The number of hydrogen-bond donors (Lipinski definition) is 3. The van der Waals surface area contributed by atoms with Crippen LogP contribution in [0, 0.1) is 17.6 Å². The number of anilines is 3. The normalized spacial score (nSPS) is 19.7. The zero-order valence-electron chi connectivity index (χ0n) is 23.3. The molecule has 0 radical (unpaired) electrons. The molecule has 1 aliphatic carbocycles. The Labute approximate surface area is 238 Å². The van der Waals surface area contributed by atoms with Crippen LogP contribution in [0.4, 0.5) is 26.0 Å². The molecule has 1 aromatic heterocycles. The topological polar surface area (TPSA) is 85.5 Å². The Morgan fingerprint density at radius 2 is 1.83 bits per heavy atom. The summed E-state index contributed by atoms with van der Waals surface area (Å²) in [4.78, 5) is 18.4. The lowest BCUT2D eigenvalue weighted by atomic mass is 9.88. The number of hydrogen-bond acceptors (Lipinski definition) is 6. The summed E-state index contributed by atoms with van der Waals surface area (Å²) in [6, 6.07) is 9.84. The summed E-state index contributed by atoms with van der Waals surface area (Å²) in [5, 5.41) is 14.1. The molecule has 41 heavy (non-hydrogen) atoms. The van der Waals surface area contributed by atoms with Crippen molar-refractivity contribution in [3.05, 3.63) is 76.5 Å². The molecule has 0 spiro atoms. The molecule has 1 amide bonds. The van der Waals surface area contributed by atoms with Crippen LogP contribution in [0.25, 0.3) is 6.08 Å². The number of allylic oxidation sites excluding steroid dienone is 1. The Balaban J connectivity index is 1.20. The van der Waals surface area contributed by atoms with Gasteiger partial charge in [0.15, 0.2) is 5.82 Å². The molecule has 3 N–H and O–H groups in total. The van der Waals surface area contributed by atoms with Crippen molar-refractivity contribution < 1.29 is 18.3 Å². The number of halogens is 2. The summed E-state index contributed by atoms with van der Waals surface area (Å²) >= 11 is 0. The first-order chi connectivity index (χ1) is 19.9. The van der Waals surface area contributed by atoms with Gasteiger partial charge in [0.2, 0.25) is 0 Å². The zero-order chi connectivity index (χ0) is 28.3. The standard InChI is InChI=1S/C31H36F2N6O2/c1-38-8-10-39(11-9-38)25-3-4-26(29(19-25)34-24-6-12-41-13-7-24)31(40)35-30-27-17-20(2-5-28(27)36-37-30)14-21-15-22(32)18-23(33)16-21/h2-5,15-16,18-20,24,34H,6-14,17H2,1H3,(H2,35,36,37,40). The first kappa shape index (κ1) is 27.4. The Morgan fingerprint density at radius 3 is 2.59 bits per heavy atom. The van der Waals surface area contributed by atoms with Crippen LogP contribution in [-0.4, -0.2) is 73.5 Å². The molecule has 2 aliphatic heterocycles. The summed E-state index contributed by atoms with van der Waals surface area (Å²) in [6.07, 6.45) is 6.78. The molecule has 1 atom stereocenters. The lowest BCUT2D eigenvalue weighted by Gasteiger charge is -2.34. The minimum Gasteiger partial charge on any atom is -0.381 e. The zero-order valence-corrected chi connectivity index (χ0v) is 23.3. The van der Waals surface area contributed by atoms with Gasteiger partial charge in [-0.2, -0.15) is 5.10 Å². The average Bonchev–Trinajstić information content (AvgIpc) is 3.35. The molecule has 0 bridgehead atoms. The highest BCUT2D eigenvalue weighted by molar-refractivity contribution is 6.08. The highest BCUT2D eigenvalue weighted by Crippen LogP contribution is 2.31. The number of carbonyl (C=O) groups excluding carboxylic acids is 1. The summed E-state index contributed by atoms with van der Waals surface area (Å²) in [6.45, 7) is 5.28. The first-order valence-electron chi connectivity index (χ1n) is 14.3. The monoisotopic (exact) mass is 562 g/mol. The third kappa shape index (κ3) is 6.44. The fourth-order valence-corrected chi connectivity index (χ4v) is 5.91. The first-order valence-corrected chi connectivity index (χ1v) is 14.3. The number of rotatable bonds is 7. The van der Waals surface area contributed by atoms with Gasteiger partial charge in [-0.25, -0.2) is 8.78 Å². The third-order valence-corrected chi connectivity index (χ3v) is 8.25. The smallest absolute Gasteiger partial charge is 0.258 e. The molecule has 2 fully saturated rings. The summed E-state index contributed by atoms with van der Waals surface area (Å²) in [5.41, 5.74) is 4.77. The van der Waals surface area contributed by atoms with Crippen molar-refractivity contribution in [2.45, 2.75) is 31.7 Å². The second kappa shape index (κ2) is 12.0. The van der Waals surface area contributed by atoms with Crippen LogP contribution >= 0.6 is 0 Å². The highest BCUT2D eigenvalue weighted by Gasteiger charge is 2.25. The number of aromatic nitrogens is 2. The quantitative estimate of drug-likeness (QED) is 0.387. The van der Waals surface area contributed by atoms with E-state index in [1.165, 1.54) is 12.1 Å². The second-order valence-electron chi connectivity index (χ2n) is 11.3. The number of likely N-dealkylation sites (N-methyl/N-ethyl adjacent to an activating group) is 1. The van der Waals surface area contributed by atoms with Crippen molar-refractivity contribution in [2.75, 3.05) is 62.0 Å². The number of H-pyrrole nitrogens is 1. The lowest BCUT2D eigenvalue weighted by molar-refractivity contribution is 0.0904. The molecule has 0 saturated carbocycles. The van der Waals surface area contributed by atoms with Crippen LogP contribution < -0.4 is 15.5 Å². The van der Waals surface area contributed by atoms with E-state index in [1.54, 1.807) is 0 Å². The van der Waals surface area contributed by atoms with E-state index in [4.69, 9.17) is 4.74 Å². The number of piperazine rings is 1. The van der Waals surface area contributed by atoms with Crippen LogP contribution in [0.3, 0.4) is 0 Å². The van der Waals surface area contributed by atoms with E-state index in [0.29, 0.717) is 43.0 Å². The predicted octanol–water partition coefficient (Wildman–Crippen LogP) is 4.71. The van der Waals surface area contributed by atoms with Gasteiger partial charge in [0, 0.05) is 68.4 Å². The Kier molecular flexibility index (Phi) is 8.02. The summed E-state index contributed by atoms with van der Waals surface area (Å²) < 4.78 is 33.0. The molecule has 3 aliphatic rings. The fraction of sp³-hybridized carbons (Fsp3) is 0.419. The molecule has 2 saturated heterocycles. The molecule has 6 rings (SSSR count). The predicted molar refractivity (Wildman–Crippen MR) is 156 cm³/mol. The fourth-order valence-electron chi connectivity index (χ4n) is 5.91. The summed E-state index contributed by atoms with van der Waals surface area (Å²) in [7, 11) is 2.13. The third-order valence-electron chi connectivity index (χ3n) is 8.25. The Morgan fingerprint density at radius 1 is 1.07 bits per heavy atom. The SMILES string of the molecule is CN1CCN(c2ccc(C(=O)Nc3n[nH]c4c3CC(Cc3cc(F)cc(F)c3)C=C4)c(NC3CCOCC3)c2)CC1. The van der Waals surface area contributed by atoms with Crippen molar-refractivity contribution in [3.63, 3.8) is 0 Å². The molecular formula is C31H36F2N6O2. The van der Waals surface area contributed by atoms with E-state index in [-0.39, 0.29) is 17.9 Å². The van der Waals surface area contributed by atoms with Crippen LogP contribution in [0.1, 0.15) is 40.0 Å².